The highest BCUT2D eigenvalue weighted by atomic mass is 16.6. The quantitative estimate of drug-likeness (QED) is 0.199. The zero-order valence-electron chi connectivity index (χ0n) is 17.9. The number of carbonyl (C=O) groups is 2. The van der Waals surface area contributed by atoms with Gasteiger partial charge in [-0.1, -0.05) is 13.3 Å². The van der Waals surface area contributed by atoms with E-state index >= 15 is 0 Å². The number of anilines is 1. The molecule has 0 saturated heterocycles. The molecule has 3 aromatic rings. The van der Waals surface area contributed by atoms with Crippen molar-refractivity contribution >= 4 is 29.3 Å². The van der Waals surface area contributed by atoms with E-state index in [0.717, 1.165) is 12.8 Å². The second-order valence-corrected chi connectivity index (χ2v) is 7.01. The highest BCUT2D eigenvalue weighted by Crippen LogP contribution is 2.17. The van der Waals surface area contributed by atoms with Crippen LogP contribution in [0.5, 0.6) is 5.75 Å². The average molecular weight is 449 g/mol. The first-order valence-electron chi connectivity index (χ1n) is 10.3. The minimum Gasteiger partial charge on any atom is -0.494 e. The predicted octanol–water partition coefficient (Wildman–Crippen LogP) is 4.78. The molecule has 9 heteroatoms. The van der Waals surface area contributed by atoms with Crippen LogP contribution in [-0.4, -0.2) is 23.3 Å². The molecule has 0 unspecified atom stereocenters. The van der Waals surface area contributed by atoms with Crippen LogP contribution >= 0.6 is 0 Å². The van der Waals surface area contributed by atoms with Crippen LogP contribution in [-0.2, 0) is 4.79 Å². The Bertz CT molecular complexity index is 1120. The van der Waals surface area contributed by atoms with Crippen molar-refractivity contribution < 1.29 is 23.7 Å². The van der Waals surface area contributed by atoms with E-state index in [4.69, 9.17) is 9.15 Å². The number of furan rings is 1. The number of hydrogen-bond acceptors (Lipinski definition) is 6. The molecular weight excluding hydrogens is 426 g/mol. The van der Waals surface area contributed by atoms with Gasteiger partial charge in [-0.05, 0) is 55.0 Å². The van der Waals surface area contributed by atoms with Crippen molar-refractivity contribution in [3.05, 3.63) is 94.1 Å². The van der Waals surface area contributed by atoms with Crippen LogP contribution in [0.15, 0.2) is 77.0 Å². The molecule has 0 atom stereocenters. The van der Waals surface area contributed by atoms with E-state index in [1.54, 1.807) is 36.4 Å². The highest BCUT2D eigenvalue weighted by molar-refractivity contribution is 6.10. The molecule has 1 aromatic heterocycles. The van der Waals surface area contributed by atoms with Crippen molar-refractivity contribution in [2.75, 3.05) is 11.9 Å². The van der Waals surface area contributed by atoms with Gasteiger partial charge in [-0.2, -0.15) is 0 Å². The summed E-state index contributed by atoms with van der Waals surface area (Å²) >= 11 is 0. The van der Waals surface area contributed by atoms with Gasteiger partial charge < -0.3 is 19.8 Å². The van der Waals surface area contributed by atoms with Crippen LogP contribution < -0.4 is 15.4 Å². The molecule has 1 heterocycles. The van der Waals surface area contributed by atoms with E-state index in [2.05, 4.69) is 17.6 Å². The molecule has 2 aromatic carbocycles. The number of benzene rings is 2. The number of ether oxygens (including phenoxy) is 1. The maximum atomic E-state index is 12.8. The van der Waals surface area contributed by atoms with Crippen LogP contribution in [0.1, 0.15) is 35.9 Å². The summed E-state index contributed by atoms with van der Waals surface area (Å²) in [7, 11) is 0. The van der Waals surface area contributed by atoms with Gasteiger partial charge in [0.25, 0.3) is 17.5 Å². The number of nitrogens with zero attached hydrogens (tertiary/aromatic N) is 1. The lowest BCUT2D eigenvalue weighted by Crippen LogP contribution is -2.30. The summed E-state index contributed by atoms with van der Waals surface area (Å²) in [6, 6.07) is 15.2. The lowest BCUT2D eigenvalue weighted by Gasteiger charge is -2.11. The number of rotatable bonds is 10. The Morgan fingerprint density at radius 1 is 1.09 bits per heavy atom. The van der Waals surface area contributed by atoms with Gasteiger partial charge >= 0.3 is 0 Å². The van der Waals surface area contributed by atoms with E-state index in [9.17, 15) is 19.7 Å². The number of nitrogens with one attached hydrogen (secondary N) is 2. The van der Waals surface area contributed by atoms with Crippen molar-refractivity contribution in [2.45, 2.75) is 19.8 Å². The number of nitro groups is 1. The summed E-state index contributed by atoms with van der Waals surface area (Å²) in [5, 5.41) is 16.0. The first kappa shape index (κ1) is 23.3. The van der Waals surface area contributed by atoms with E-state index < -0.39 is 16.7 Å². The largest absolute Gasteiger partial charge is 0.494 e. The molecular formula is C24H23N3O6. The second-order valence-electron chi connectivity index (χ2n) is 7.01. The maximum Gasteiger partial charge on any atom is 0.272 e. The molecule has 170 valence electrons. The van der Waals surface area contributed by atoms with Gasteiger partial charge in [0, 0.05) is 29.5 Å². The van der Waals surface area contributed by atoms with Crippen molar-refractivity contribution in [1.29, 1.82) is 0 Å². The average Bonchev–Trinajstić information content (AvgIpc) is 3.33. The third kappa shape index (κ3) is 6.79. The van der Waals surface area contributed by atoms with Crippen LogP contribution in [0.2, 0.25) is 0 Å². The standard InChI is InChI=1S/C24H23N3O6/c1-2-3-14-32-20-12-6-17(7-13-20)23(28)26-22(16-21-5-4-15-33-21)24(29)25-18-8-10-19(11-9-18)27(30)31/h4-13,15-16H,2-3,14H2,1H3,(H,25,29)(H,26,28). The van der Waals surface area contributed by atoms with E-state index in [1.807, 2.05) is 0 Å². The molecule has 0 spiro atoms. The van der Waals surface area contributed by atoms with E-state index in [-0.39, 0.29) is 11.4 Å². The number of unbranched alkanes of at least 4 members (excludes halogenated alkanes) is 1. The summed E-state index contributed by atoms with van der Waals surface area (Å²) < 4.78 is 10.9. The molecule has 3 rings (SSSR count). The SMILES string of the molecule is CCCCOc1ccc(C(=O)NC(=Cc2ccco2)C(=O)Nc2ccc([N+](=O)[O-])cc2)cc1. The summed E-state index contributed by atoms with van der Waals surface area (Å²) in [5.74, 6) is -0.0917. The van der Waals surface area contributed by atoms with Gasteiger partial charge in [0.2, 0.25) is 0 Å². The zero-order valence-corrected chi connectivity index (χ0v) is 17.9. The summed E-state index contributed by atoms with van der Waals surface area (Å²) in [6.07, 6.45) is 4.79. The molecule has 33 heavy (non-hydrogen) atoms. The Morgan fingerprint density at radius 2 is 1.82 bits per heavy atom. The van der Waals surface area contributed by atoms with Crippen molar-refractivity contribution in [1.82, 2.24) is 5.32 Å². The summed E-state index contributed by atoms with van der Waals surface area (Å²) in [6.45, 7) is 2.67. The Hall–Kier alpha value is -4.40. The van der Waals surface area contributed by atoms with Gasteiger partial charge in [0.15, 0.2) is 0 Å². The summed E-state index contributed by atoms with van der Waals surface area (Å²) in [5.41, 5.74) is 0.511. The number of nitro benzene ring substituents is 1. The smallest absolute Gasteiger partial charge is 0.272 e. The third-order valence-electron chi connectivity index (χ3n) is 4.54. The number of non-ortho nitro benzene ring substituents is 1. The lowest BCUT2D eigenvalue weighted by molar-refractivity contribution is -0.384. The number of amides is 2. The molecule has 0 fully saturated rings. The Balaban J connectivity index is 1.73. The van der Waals surface area contributed by atoms with E-state index in [1.165, 1.54) is 36.6 Å². The zero-order chi connectivity index (χ0) is 23.6. The maximum absolute atomic E-state index is 12.8. The van der Waals surface area contributed by atoms with Crippen molar-refractivity contribution in [3.8, 4) is 5.75 Å². The van der Waals surface area contributed by atoms with Gasteiger partial charge in [-0.3, -0.25) is 19.7 Å². The highest BCUT2D eigenvalue weighted by Gasteiger charge is 2.16. The van der Waals surface area contributed by atoms with Gasteiger partial charge in [-0.15, -0.1) is 0 Å². The fourth-order valence-corrected chi connectivity index (χ4v) is 2.77. The Morgan fingerprint density at radius 3 is 2.42 bits per heavy atom. The van der Waals surface area contributed by atoms with E-state index in [0.29, 0.717) is 29.4 Å². The molecule has 0 saturated carbocycles. The van der Waals surface area contributed by atoms with Gasteiger partial charge in [0.1, 0.15) is 17.2 Å². The van der Waals surface area contributed by atoms with Crippen LogP contribution in [0.3, 0.4) is 0 Å². The molecule has 2 N–H and O–H groups in total. The van der Waals surface area contributed by atoms with Crippen LogP contribution in [0, 0.1) is 10.1 Å². The van der Waals surface area contributed by atoms with Crippen LogP contribution in [0.25, 0.3) is 6.08 Å². The molecule has 0 aliphatic rings. The van der Waals surface area contributed by atoms with Gasteiger partial charge in [0.05, 0.1) is 17.8 Å². The van der Waals surface area contributed by atoms with Gasteiger partial charge in [-0.25, -0.2) is 0 Å². The first-order valence-corrected chi connectivity index (χ1v) is 10.3. The number of carbonyl (C=O) groups excluding carboxylic acids is 2. The fourth-order valence-electron chi connectivity index (χ4n) is 2.77. The summed E-state index contributed by atoms with van der Waals surface area (Å²) in [4.78, 5) is 35.9. The molecule has 9 nitrogen and oxygen atoms in total. The monoisotopic (exact) mass is 449 g/mol. The first-order chi connectivity index (χ1) is 16.0. The Kier molecular flexibility index (Phi) is 7.96. The molecule has 0 aliphatic heterocycles. The van der Waals surface area contributed by atoms with Crippen molar-refractivity contribution in [2.24, 2.45) is 0 Å². The molecule has 0 bridgehead atoms. The Labute approximate surface area is 190 Å². The van der Waals surface area contributed by atoms with Crippen LogP contribution in [0.4, 0.5) is 11.4 Å². The minimum atomic E-state index is -0.617. The second kappa shape index (κ2) is 11.3. The third-order valence-corrected chi connectivity index (χ3v) is 4.54. The molecule has 2 amide bonds. The predicted molar refractivity (Wildman–Crippen MR) is 123 cm³/mol. The molecule has 0 radical (unpaired) electrons. The lowest BCUT2D eigenvalue weighted by atomic mass is 10.2. The molecule has 0 aliphatic carbocycles. The number of hydrogen-bond donors (Lipinski definition) is 2. The topological polar surface area (TPSA) is 124 Å². The fraction of sp³-hybridized carbons (Fsp3) is 0.167. The van der Waals surface area contributed by atoms with Crippen molar-refractivity contribution in [3.63, 3.8) is 0 Å². The normalized spacial score (nSPS) is 11.0. The minimum absolute atomic E-state index is 0.0587.